The molecule has 4 rings (SSSR count). The van der Waals surface area contributed by atoms with Crippen LogP contribution in [-0.2, 0) is 20.1 Å². The molecule has 0 radical (unpaired) electrons. The third-order valence-electron chi connectivity index (χ3n) is 4.95. The van der Waals surface area contributed by atoms with Gasteiger partial charge in [-0.25, -0.2) is 4.79 Å². The van der Waals surface area contributed by atoms with Gasteiger partial charge in [0.25, 0.3) is 5.56 Å². The van der Waals surface area contributed by atoms with E-state index < -0.39 is 5.69 Å². The first kappa shape index (κ1) is 16.6. The van der Waals surface area contributed by atoms with Crippen molar-refractivity contribution < 1.29 is 5.11 Å². The van der Waals surface area contributed by atoms with Crippen LogP contribution in [0.5, 0.6) is 0 Å². The van der Waals surface area contributed by atoms with Gasteiger partial charge in [-0.1, -0.05) is 18.2 Å². The molecule has 3 heterocycles. The Hall–Kier alpha value is -2.87. The van der Waals surface area contributed by atoms with E-state index in [1.54, 1.807) is 7.05 Å². The van der Waals surface area contributed by atoms with Gasteiger partial charge in [-0.15, -0.1) is 0 Å². The van der Waals surface area contributed by atoms with Crippen molar-refractivity contribution in [3.63, 3.8) is 0 Å². The number of imidazole rings is 1. The summed E-state index contributed by atoms with van der Waals surface area (Å²) in [5.74, 6) is 0.682. The summed E-state index contributed by atoms with van der Waals surface area (Å²) >= 11 is 0. The second-order valence-electron chi connectivity index (χ2n) is 6.55. The molecule has 0 atom stereocenters. The van der Waals surface area contributed by atoms with Gasteiger partial charge in [-0.2, -0.15) is 4.98 Å². The number of nitrogens with zero attached hydrogens (tertiary/aromatic N) is 5. The maximum Gasteiger partial charge on any atom is 0.332 e. The highest BCUT2D eigenvalue weighted by atomic mass is 16.3. The molecule has 1 aromatic carbocycles. The van der Waals surface area contributed by atoms with Gasteiger partial charge < -0.3 is 14.6 Å². The highest BCUT2D eigenvalue weighted by Crippen LogP contribution is 2.33. The fraction of sp³-hybridized carbons (Fsp3) is 0.389. The summed E-state index contributed by atoms with van der Waals surface area (Å²) in [4.78, 5) is 32.2. The normalized spacial score (nSPS) is 13.6. The van der Waals surface area contributed by atoms with Crippen LogP contribution in [-0.4, -0.2) is 36.9 Å². The Balaban J connectivity index is 1.94. The SMILES string of the molecule is Cc1ccccc1N1CCn2c1nc1c2c(=O)n(CCCO)c(=O)n1C. The molecule has 0 fully saturated rings. The van der Waals surface area contributed by atoms with Gasteiger partial charge in [0, 0.05) is 39.0 Å². The summed E-state index contributed by atoms with van der Waals surface area (Å²) in [5, 5.41) is 9.05. The standard InChI is InChI=1S/C18H21N5O3/c1-12-6-3-4-7-13(12)21-9-10-22-14-15(19-17(21)22)20(2)18(26)23(16(14)25)8-5-11-24/h3-4,6-7,24H,5,8-11H2,1-2H3. The van der Waals surface area contributed by atoms with E-state index in [9.17, 15) is 9.59 Å². The van der Waals surface area contributed by atoms with E-state index in [2.05, 4.69) is 9.88 Å². The Morgan fingerprint density at radius 1 is 1.19 bits per heavy atom. The van der Waals surface area contributed by atoms with Gasteiger partial charge >= 0.3 is 5.69 Å². The molecule has 3 aromatic rings. The zero-order valence-corrected chi connectivity index (χ0v) is 14.8. The zero-order chi connectivity index (χ0) is 18.4. The molecule has 1 aliphatic rings. The monoisotopic (exact) mass is 355 g/mol. The van der Waals surface area contributed by atoms with E-state index in [1.165, 1.54) is 9.13 Å². The van der Waals surface area contributed by atoms with E-state index in [0.717, 1.165) is 17.8 Å². The predicted molar refractivity (Wildman–Crippen MR) is 99.1 cm³/mol. The molecule has 0 amide bonds. The number of anilines is 2. The molecule has 0 saturated carbocycles. The maximum absolute atomic E-state index is 12.9. The van der Waals surface area contributed by atoms with Crippen LogP contribution in [0.4, 0.5) is 11.6 Å². The van der Waals surface area contributed by atoms with E-state index in [0.29, 0.717) is 30.1 Å². The fourth-order valence-electron chi connectivity index (χ4n) is 3.60. The maximum atomic E-state index is 12.9. The average molecular weight is 355 g/mol. The van der Waals surface area contributed by atoms with Crippen molar-refractivity contribution in [2.75, 3.05) is 18.1 Å². The smallest absolute Gasteiger partial charge is 0.332 e. The third kappa shape index (κ3) is 2.29. The van der Waals surface area contributed by atoms with Crippen molar-refractivity contribution in [2.24, 2.45) is 7.05 Å². The Kier molecular flexibility index (Phi) is 3.91. The number of hydrogen-bond donors (Lipinski definition) is 1. The first-order valence-electron chi connectivity index (χ1n) is 8.68. The molecule has 0 aliphatic carbocycles. The second-order valence-corrected chi connectivity index (χ2v) is 6.55. The topological polar surface area (TPSA) is 85.3 Å². The first-order valence-corrected chi connectivity index (χ1v) is 8.68. The van der Waals surface area contributed by atoms with Gasteiger partial charge in [0.1, 0.15) is 0 Å². The molecule has 1 N–H and O–H groups in total. The minimum absolute atomic E-state index is 0.0702. The summed E-state index contributed by atoms with van der Waals surface area (Å²) in [6.45, 7) is 3.52. The van der Waals surface area contributed by atoms with Crippen LogP contribution in [0.1, 0.15) is 12.0 Å². The summed E-state index contributed by atoms with van der Waals surface area (Å²) in [6, 6.07) is 8.04. The lowest BCUT2D eigenvalue weighted by Gasteiger charge is -2.18. The van der Waals surface area contributed by atoms with E-state index >= 15 is 0 Å². The number of para-hydroxylation sites is 1. The van der Waals surface area contributed by atoms with Gasteiger partial charge in [0.05, 0.1) is 0 Å². The molecule has 0 saturated heterocycles. The predicted octanol–water partition coefficient (Wildman–Crippen LogP) is 0.739. The van der Waals surface area contributed by atoms with Crippen molar-refractivity contribution in [1.29, 1.82) is 0 Å². The highest BCUT2D eigenvalue weighted by molar-refractivity contribution is 5.78. The van der Waals surface area contributed by atoms with E-state index in [-0.39, 0.29) is 18.7 Å². The van der Waals surface area contributed by atoms with Gasteiger partial charge in [0.15, 0.2) is 11.2 Å². The molecule has 136 valence electrons. The molecule has 8 nitrogen and oxygen atoms in total. The quantitative estimate of drug-likeness (QED) is 0.746. The number of aromatic nitrogens is 4. The first-order chi connectivity index (χ1) is 12.5. The summed E-state index contributed by atoms with van der Waals surface area (Å²) in [5.41, 5.74) is 2.26. The van der Waals surface area contributed by atoms with Crippen LogP contribution in [0, 0.1) is 6.92 Å². The lowest BCUT2D eigenvalue weighted by Crippen LogP contribution is -2.39. The van der Waals surface area contributed by atoms with Crippen molar-refractivity contribution in [2.45, 2.75) is 26.4 Å². The summed E-state index contributed by atoms with van der Waals surface area (Å²) < 4.78 is 4.48. The number of benzene rings is 1. The number of fused-ring (bicyclic) bond motifs is 3. The van der Waals surface area contributed by atoms with Crippen molar-refractivity contribution in [1.82, 2.24) is 18.7 Å². The van der Waals surface area contributed by atoms with Crippen LogP contribution in [0.25, 0.3) is 11.2 Å². The molecule has 0 bridgehead atoms. The number of aliphatic hydroxyl groups is 1. The Bertz CT molecular complexity index is 1110. The van der Waals surface area contributed by atoms with E-state index in [1.807, 2.05) is 35.8 Å². The van der Waals surface area contributed by atoms with Crippen LogP contribution < -0.4 is 16.1 Å². The van der Waals surface area contributed by atoms with Crippen molar-refractivity contribution >= 4 is 22.8 Å². The molecule has 26 heavy (non-hydrogen) atoms. The Labute approximate surface area is 149 Å². The van der Waals surface area contributed by atoms with Crippen LogP contribution >= 0.6 is 0 Å². The Morgan fingerprint density at radius 2 is 1.96 bits per heavy atom. The van der Waals surface area contributed by atoms with Crippen molar-refractivity contribution in [3.8, 4) is 0 Å². The fourth-order valence-corrected chi connectivity index (χ4v) is 3.60. The minimum Gasteiger partial charge on any atom is -0.396 e. The van der Waals surface area contributed by atoms with Crippen LogP contribution in [0.2, 0.25) is 0 Å². The molecule has 2 aromatic heterocycles. The average Bonchev–Trinajstić information content (AvgIpc) is 3.20. The van der Waals surface area contributed by atoms with Crippen LogP contribution in [0.3, 0.4) is 0 Å². The summed E-state index contributed by atoms with van der Waals surface area (Å²) in [7, 11) is 1.63. The lowest BCUT2D eigenvalue weighted by atomic mass is 10.2. The van der Waals surface area contributed by atoms with Gasteiger partial charge in [-0.05, 0) is 25.0 Å². The Morgan fingerprint density at radius 3 is 2.69 bits per heavy atom. The summed E-state index contributed by atoms with van der Waals surface area (Å²) in [6.07, 6.45) is 0.358. The number of rotatable bonds is 4. The van der Waals surface area contributed by atoms with Gasteiger partial charge in [-0.3, -0.25) is 13.9 Å². The minimum atomic E-state index is -0.407. The zero-order valence-electron chi connectivity index (χ0n) is 14.8. The molecular formula is C18H21N5O3. The molecule has 0 unspecified atom stereocenters. The third-order valence-corrected chi connectivity index (χ3v) is 4.95. The molecular weight excluding hydrogens is 334 g/mol. The van der Waals surface area contributed by atoms with Crippen LogP contribution in [0.15, 0.2) is 33.9 Å². The largest absolute Gasteiger partial charge is 0.396 e. The number of aryl methyl sites for hydroxylation is 2. The second kappa shape index (κ2) is 6.14. The number of hydrogen-bond acceptors (Lipinski definition) is 5. The number of aliphatic hydroxyl groups excluding tert-OH is 1. The molecule has 0 spiro atoms. The van der Waals surface area contributed by atoms with E-state index in [4.69, 9.17) is 5.11 Å². The molecule has 8 heteroatoms. The van der Waals surface area contributed by atoms with Gasteiger partial charge in [0.2, 0.25) is 5.95 Å². The highest BCUT2D eigenvalue weighted by Gasteiger charge is 2.29. The van der Waals surface area contributed by atoms with Crippen molar-refractivity contribution in [3.05, 3.63) is 50.7 Å². The lowest BCUT2D eigenvalue weighted by molar-refractivity contribution is 0.277. The molecule has 1 aliphatic heterocycles.